The summed E-state index contributed by atoms with van der Waals surface area (Å²) in [6, 6.07) is 19.4. The fourth-order valence-corrected chi connectivity index (χ4v) is 6.30. The van der Waals surface area contributed by atoms with Crippen LogP contribution in [0.2, 0.25) is 0 Å². The molecule has 3 aromatic rings. The summed E-state index contributed by atoms with van der Waals surface area (Å²) < 4.78 is 0. The van der Waals surface area contributed by atoms with Crippen molar-refractivity contribution in [3.63, 3.8) is 0 Å². The zero-order chi connectivity index (χ0) is 23.8. The average molecular weight is 451 g/mol. The minimum Gasteiger partial charge on any atom is -0.302 e. The molecule has 174 valence electrons. The molecule has 4 heteroatoms. The molecule has 0 saturated heterocycles. The van der Waals surface area contributed by atoms with Crippen molar-refractivity contribution in [2.75, 3.05) is 9.80 Å². The van der Waals surface area contributed by atoms with Gasteiger partial charge in [-0.05, 0) is 36.6 Å². The summed E-state index contributed by atoms with van der Waals surface area (Å²) >= 11 is 0. The third kappa shape index (κ3) is 2.84. The molecule has 4 nitrogen and oxygen atoms in total. The van der Waals surface area contributed by atoms with E-state index < -0.39 is 0 Å². The highest BCUT2D eigenvalue weighted by atomic mass is 15.5. The molecule has 0 bridgehead atoms. The van der Waals surface area contributed by atoms with E-state index in [1.165, 1.54) is 11.3 Å². The Morgan fingerprint density at radius 3 is 2.00 bits per heavy atom. The molecule has 0 spiro atoms. The van der Waals surface area contributed by atoms with Gasteiger partial charge in [0.1, 0.15) is 6.17 Å². The maximum atomic E-state index is 5.48. The number of para-hydroxylation sites is 2. The molecular formula is C30H34N4. The minimum absolute atomic E-state index is 0.00547. The maximum absolute atomic E-state index is 5.48. The quantitative estimate of drug-likeness (QED) is 0.382. The normalized spacial score (nSPS) is 25.7. The van der Waals surface area contributed by atoms with Crippen molar-refractivity contribution >= 4 is 23.0 Å². The minimum atomic E-state index is 0.00547. The summed E-state index contributed by atoms with van der Waals surface area (Å²) in [5, 5.41) is 0. The molecule has 0 amide bonds. The Kier molecular flexibility index (Phi) is 4.52. The molecule has 2 aliphatic heterocycles. The fourth-order valence-electron chi connectivity index (χ4n) is 6.30. The van der Waals surface area contributed by atoms with Crippen LogP contribution in [0.15, 0.2) is 67.3 Å². The van der Waals surface area contributed by atoms with E-state index in [0.717, 1.165) is 41.6 Å². The topological polar surface area (TPSA) is 32.3 Å². The van der Waals surface area contributed by atoms with Crippen molar-refractivity contribution in [2.45, 2.75) is 70.4 Å². The summed E-state index contributed by atoms with van der Waals surface area (Å²) in [6.45, 7) is 15.9. The van der Waals surface area contributed by atoms with Gasteiger partial charge < -0.3 is 9.80 Å². The van der Waals surface area contributed by atoms with Crippen molar-refractivity contribution in [2.24, 2.45) is 5.92 Å². The molecular weight excluding hydrogens is 416 g/mol. The monoisotopic (exact) mass is 450 g/mol. The molecule has 0 fully saturated rings. The largest absolute Gasteiger partial charge is 0.302 e. The molecule has 0 N–H and O–H groups in total. The fraction of sp³-hybridized carbons (Fsp3) is 0.400. The van der Waals surface area contributed by atoms with Crippen LogP contribution in [-0.4, -0.2) is 16.1 Å². The van der Waals surface area contributed by atoms with Crippen LogP contribution in [0.25, 0.3) is 0 Å². The molecule has 1 aromatic heterocycles. The lowest BCUT2D eigenvalue weighted by Gasteiger charge is -2.44. The zero-order valence-corrected chi connectivity index (χ0v) is 20.9. The molecule has 0 saturated carbocycles. The van der Waals surface area contributed by atoms with E-state index in [2.05, 4.69) is 112 Å². The smallest absolute Gasteiger partial charge is 0.178 e. The van der Waals surface area contributed by atoms with Crippen LogP contribution in [0.4, 0.5) is 23.0 Å². The summed E-state index contributed by atoms with van der Waals surface area (Å²) in [5.41, 5.74) is 6.03. The van der Waals surface area contributed by atoms with Crippen molar-refractivity contribution in [1.82, 2.24) is 9.97 Å². The number of hydrogen-bond acceptors (Lipinski definition) is 4. The van der Waals surface area contributed by atoms with Gasteiger partial charge in [0.15, 0.2) is 11.6 Å². The Morgan fingerprint density at radius 2 is 1.38 bits per heavy atom. The van der Waals surface area contributed by atoms with Gasteiger partial charge >= 0.3 is 0 Å². The summed E-state index contributed by atoms with van der Waals surface area (Å²) in [5.74, 6) is 2.54. The van der Waals surface area contributed by atoms with Gasteiger partial charge in [-0.15, -0.1) is 6.58 Å². The summed E-state index contributed by atoms with van der Waals surface area (Å²) in [6.07, 6.45) is 4.45. The van der Waals surface area contributed by atoms with Gasteiger partial charge in [0.2, 0.25) is 0 Å². The highest BCUT2D eigenvalue weighted by Gasteiger charge is 2.51. The van der Waals surface area contributed by atoms with E-state index >= 15 is 0 Å². The van der Waals surface area contributed by atoms with E-state index in [4.69, 9.17) is 9.97 Å². The highest BCUT2D eigenvalue weighted by Crippen LogP contribution is 2.56. The molecule has 1 aliphatic carbocycles. The summed E-state index contributed by atoms with van der Waals surface area (Å²) in [4.78, 5) is 15.8. The molecule has 3 atom stereocenters. The van der Waals surface area contributed by atoms with Crippen molar-refractivity contribution in [3.8, 4) is 0 Å². The van der Waals surface area contributed by atoms with Crippen molar-refractivity contribution < 1.29 is 0 Å². The molecule has 2 aromatic carbocycles. The second-order valence-corrected chi connectivity index (χ2v) is 11.5. The third-order valence-corrected chi connectivity index (χ3v) is 8.38. The van der Waals surface area contributed by atoms with Crippen LogP contribution in [0, 0.1) is 5.92 Å². The Balaban J connectivity index is 1.67. The average Bonchev–Trinajstić information content (AvgIpc) is 3.17. The third-order valence-electron chi connectivity index (χ3n) is 8.38. The van der Waals surface area contributed by atoms with Crippen LogP contribution in [-0.2, 0) is 10.8 Å². The first-order valence-corrected chi connectivity index (χ1v) is 12.5. The van der Waals surface area contributed by atoms with Crippen LogP contribution in [0.5, 0.6) is 0 Å². The van der Waals surface area contributed by atoms with Crippen LogP contribution in [0.1, 0.15) is 70.3 Å². The Labute approximate surface area is 203 Å². The number of benzene rings is 2. The highest BCUT2D eigenvalue weighted by molar-refractivity contribution is 5.86. The first-order valence-electron chi connectivity index (χ1n) is 12.5. The van der Waals surface area contributed by atoms with Gasteiger partial charge in [0, 0.05) is 34.0 Å². The number of rotatable bonds is 2. The Hall–Kier alpha value is -3.14. The predicted octanol–water partition coefficient (Wildman–Crippen LogP) is 7.36. The van der Waals surface area contributed by atoms with Gasteiger partial charge in [-0.1, -0.05) is 77.1 Å². The number of fused-ring (bicyclic) bond motifs is 6. The number of nitrogens with zero attached hydrogens (tertiary/aromatic N) is 4. The van der Waals surface area contributed by atoms with E-state index in [0.29, 0.717) is 5.92 Å². The van der Waals surface area contributed by atoms with Crippen molar-refractivity contribution in [1.29, 1.82) is 0 Å². The number of hydrogen-bond donors (Lipinski definition) is 0. The summed E-state index contributed by atoms with van der Waals surface area (Å²) in [7, 11) is 0. The van der Waals surface area contributed by atoms with Crippen molar-refractivity contribution in [3.05, 3.63) is 84.2 Å². The van der Waals surface area contributed by atoms with Gasteiger partial charge in [0.05, 0.1) is 11.4 Å². The van der Waals surface area contributed by atoms with Crippen LogP contribution >= 0.6 is 0 Å². The molecule has 6 rings (SSSR count). The number of aromatic nitrogens is 2. The zero-order valence-electron chi connectivity index (χ0n) is 20.9. The predicted molar refractivity (Wildman–Crippen MR) is 140 cm³/mol. The second kappa shape index (κ2) is 7.18. The lowest BCUT2D eigenvalue weighted by molar-refractivity contribution is 0.315. The maximum Gasteiger partial charge on any atom is 0.178 e. The SMILES string of the molecule is C=CC1c2ccccc2N2c3nc4c(nc3N(c3ccccc3)C2C1C)C(C)(C)CCC4(C)C. The molecule has 0 radical (unpaired) electrons. The Bertz CT molecular complexity index is 1280. The number of allylic oxidation sites excluding steroid dienone is 1. The van der Waals surface area contributed by atoms with Gasteiger partial charge in [0.25, 0.3) is 0 Å². The van der Waals surface area contributed by atoms with E-state index in [1.807, 2.05) is 0 Å². The van der Waals surface area contributed by atoms with Gasteiger partial charge in [-0.2, -0.15) is 0 Å². The Morgan fingerprint density at radius 1 is 0.824 bits per heavy atom. The van der Waals surface area contributed by atoms with Crippen LogP contribution in [0.3, 0.4) is 0 Å². The van der Waals surface area contributed by atoms with Gasteiger partial charge in [-0.25, -0.2) is 9.97 Å². The molecule has 3 heterocycles. The van der Waals surface area contributed by atoms with E-state index in [-0.39, 0.29) is 22.9 Å². The standard InChI is InChI=1S/C30H34N4/c1-7-21-19(2)28-33(20-13-9-8-10-14-20)26-27(34(28)23-16-12-11-15-22(21)23)32-25-24(31-26)29(3,4)17-18-30(25,5)6/h7-16,19,21,28H,1,17-18H2,2-6H3. The van der Waals surface area contributed by atoms with E-state index in [1.54, 1.807) is 0 Å². The second-order valence-electron chi connectivity index (χ2n) is 11.5. The lowest BCUT2D eigenvalue weighted by Crippen LogP contribution is -2.48. The first kappa shape index (κ1) is 21.4. The molecule has 3 aliphatic rings. The van der Waals surface area contributed by atoms with Crippen LogP contribution < -0.4 is 9.80 Å². The lowest BCUT2D eigenvalue weighted by atomic mass is 9.67. The molecule has 3 unspecified atom stereocenters. The van der Waals surface area contributed by atoms with Gasteiger partial charge in [-0.3, -0.25) is 0 Å². The first-order chi connectivity index (χ1) is 16.2. The number of anilines is 4. The van der Waals surface area contributed by atoms with E-state index in [9.17, 15) is 0 Å². The molecule has 34 heavy (non-hydrogen) atoms.